The van der Waals surface area contributed by atoms with Crippen LogP contribution in [0.4, 0.5) is 0 Å². The number of benzene rings is 1. The molecule has 0 spiro atoms. The first-order chi connectivity index (χ1) is 8.16. The second-order valence-corrected chi connectivity index (χ2v) is 6.33. The lowest BCUT2D eigenvalue weighted by molar-refractivity contribution is -0.000114. The van der Waals surface area contributed by atoms with Crippen molar-refractivity contribution in [2.45, 2.75) is 6.10 Å². The molecule has 0 radical (unpaired) electrons. The van der Waals surface area contributed by atoms with E-state index >= 15 is 0 Å². The van der Waals surface area contributed by atoms with Crippen LogP contribution in [-0.2, 0) is 4.74 Å². The summed E-state index contributed by atoms with van der Waals surface area (Å²) in [6.07, 6.45) is 0.117. The molecule has 0 bridgehead atoms. The highest BCUT2D eigenvalue weighted by Gasteiger charge is 2.16. The van der Waals surface area contributed by atoms with Gasteiger partial charge < -0.3 is 14.8 Å². The summed E-state index contributed by atoms with van der Waals surface area (Å²) in [6, 6.07) is 3.92. The summed E-state index contributed by atoms with van der Waals surface area (Å²) in [5.41, 5.74) is 0. The molecule has 1 fully saturated rings. The predicted molar refractivity (Wildman–Crippen MR) is 77.6 cm³/mol. The Hall–Kier alpha value is 0.380. The number of hydrogen-bond acceptors (Lipinski definition) is 3. The summed E-state index contributed by atoms with van der Waals surface area (Å²) in [7, 11) is 0. The van der Waals surface area contributed by atoms with E-state index in [4.69, 9.17) is 9.47 Å². The Labute approximate surface area is 126 Å². The topological polar surface area (TPSA) is 30.5 Å². The van der Waals surface area contributed by atoms with Gasteiger partial charge in [-0.15, -0.1) is 0 Å². The van der Waals surface area contributed by atoms with Gasteiger partial charge in [-0.2, -0.15) is 0 Å². The fourth-order valence-electron chi connectivity index (χ4n) is 1.57. The van der Waals surface area contributed by atoms with E-state index in [2.05, 4.69) is 53.1 Å². The van der Waals surface area contributed by atoms with E-state index in [0.29, 0.717) is 6.61 Å². The van der Waals surface area contributed by atoms with E-state index in [1.54, 1.807) is 0 Å². The van der Waals surface area contributed by atoms with Crippen molar-refractivity contribution in [2.24, 2.45) is 0 Å². The van der Waals surface area contributed by atoms with E-state index in [0.717, 1.165) is 38.9 Å². The van der Waals surface area contributed by atoms with E-state index in [1.165, 1.54) is 0 Å². The van der Waals surface area contributed by atoms with Crippen LogP contribution in [0.15, 0.2) is 25.6 Å². The fraction of sp³-hybridized carbons (Fsp3) is 0.455. The molecule has 1 unspecified atom stereocenters. The van der Waals surface area contributed by atoms with Crippen molar-refractivity contribution in [3.8, 4) is 5.75 Å². The van der Waals surface area contributed by atoms with Crippen molar-refractivity contribution in [2.75, 3.05) is 26.3 Å². The molecular weight excluding hydrogens is 418 g/mol. The fourth-order valence-corrected chi connectivity index (χ4v) is 4.06. The normalized spacial score (nSPS) is 20.3. The quantitative estimate of drug-likeness (QED) is 0.799. The Kier molecular flexibility index (Phi) is 5.29. The molecule has 0 aliphatic carbocycles. The third-order valence-electron chi connectivity index (χ3n) is 2.38. The third kappa shape index (κ3) is 3.92. The van der Waals surface area contributed by atoms with Crippen molar-refractivity contribution in [1.29, 1.82) is 0 Å². The molecule has 1 aromatic rings. The molecule has 1 aliphatic rings. The van der Waals surface area contributed by atoms with Crippen molar-refractivity contribution in [1.82, 2.24) is 5.32 Å². The minimum atomic E-state index is 0.117. The predicted octanol–water partition coefficient (Wildman–Crippen LogP) is 3.34. The van der Waals surface area contributed by atoms with Crippen molar-refractivity contribution in [3.05, 3.63) is 25.6 Å². The van der Waals surface area contributed by atoms with Gasteiger partial charge in [0.05, 0.1) is 15.6 Å². The molecule has 1 aliphatic heterocycles. The Bertz CT molecular complexity index is 371. The molecule has 1 saturated heterocycles. The molecule has 0 amide bonds. The Morgan fingerprint density at radius 3 is 2.59 bits per heavy atom. The number of halogens is 3. The first kappa shape index (κ1) is 13.8. The SMILES string of the molecule is Brc1cc(Br)c(OCC2CNCCO2)c(Br)c1. The average molecular weight is 430 g/mol. The maximum Gasteiger partial charge on any atom is 0.147 e. The lowest BCUT2D eigenvalue weighted by Crippen LogP contribution is -2.41. The maximum absolute atomic E-state index is 5.78. The third-order valence-corrected chi connectivity index (χ3v) is 4.02. The summed E-state index contributed by atoms with van der Waals surface area (Å²) in [6.45, 7) is 3.05. The van der Waals surface area contributed by atoms with E-state index < -0.39 is 0 Å². The molecule has 1 heterocycles. The minimum Gasteiger partial charge on any atom is -0.488 e. The van der Waals surface area contributed by atoms with Crippen molar-refractivity contribution in [3.63, 3.8) is 0 Å². The first-order valence-electron chi connectivity index (χ1n) is 5.26. The first-order valence-corrected chi connectivity index (χ1v) is 7.64. The van der Waals surface area contributed by atoms with Gasteiger partial charge in [-0.05, 0) is 44.0 Å². The van der Waals surface area contributed by atoms with Crippen LogP contribution in [0.1, 0.15) is 0 Å². The number of rotatable bonds is 3. The van der Waals surface area contributed by atoms with Gasteiger partial charge in [0.15, 0.2) is 0 Å². The zero-order chi connectivity index (χ0) is 12.3. The second-order valence-electron chi connectivity index (χ2n) is 3.71. The van der Waals surface area contributed by atoms with Gasteiger partial charge in [-0.25, -0.2) is 0 Å². The molecule has 6 heteroatoms. The van der Waals surface area contributed by atoms with E-state index in [1.807, 2.05) is 12.1 Å². The van der Waals surface area contributed by atoms with Crippen LogP contribution in [0.25, 0.3) is 0 Å². The van der Waals surface area contributed by atoms with Crippen molar-refractivity contribution >= 4 is 47.8 Å². The Balaban J connectivity index is 1.98. The molecule has 0 saturated carbocycles. The zero-order valence-corrected chi connectivity index (χ0v) is 13.8. The summed E-state index contributed by atoms with van der Waals surface area (Å²) in [4.78, 5) is 0. The van der Waals surface area contributed by atoms with E-state index in [9.17, 15) is 0 Å². The van der Waals surface area contributed by atoms with Gasteiger partial charge in [0, 0.05) is 17.6 Å². The Morgan fingerprint density at radius 1 is 1.29 bits per heavy atom. The van der Waals surface area contributed by atoms with Gasteiger partial charge in [0.25, 0.3) is 0 Å². The van der Waals surface area contributed by atoms with Gasteiger partial charge >= 0.3 is 0 Å². The second kappa shape index (κ2) is 6.52. The van der Waals surface area contributed by atoms with Crippen LogP contribution >= 0.6 is 47.8 Å². The maximum atomic E-state index is 5.78. The minimum absolute atomic E-state index is 0.117. The average Bonchev–Trinajstić information content (AvgIpc) is 2.29. The molecule has 1 atom stereocenters. The van der Waals surface area contributed by atoms with Crippen LogP contribution in [0.2, 0.25) is 0 Å². The highest BCUT2D eigenvalue weighted by Crippen LogP contribution is 2.36. The van der Waals surface area contributed by atoms with Crippen LogP contribution < -0.4 is 10.1 Å². The number of hydrogen-bond donors (Lipinski definition) is 1. The van der Waals surface area contributed by atoms with Crippen LogP contribution in [0, 0.1) is 0 Å². The number of morpholine rings is 1. The monoisotopic (exact) mass is 427 g/mol. The highest BCUT2D eigenvalue weighted by molar-refractivity contribution is 9.11. The summed E-state index contributed by atoms with van der Waals surface area (Å²) < 4.78 is 14.2. The summed E-state index contributed by atoms with van der Waals surface area (Å²) in [5, 5.41) is 3.27. The van der Waals surface area contributed by atoms with Gasteiger partial charge in [-0.1, -0.05) is 15.9 Å². The molecule has 94 valence electrons. The number of ether oxygens (including phenoxy) is 2. The van der Waals surface area contributed by atoms with Crippen LogP contribution in [0.5, 0.6) is 5.75 Å². The molecular formula is C11H12Br3NO2. The van der Waals surface area contributed by atoms with E-state index in [-0.39, 0.29) is 6.10 Å². The molecule has 0 aromatic heterocycles. The molecule has 2 rings (SSSR count). The largest absolute Gasteiger partial charge is 0.488 e. The van der Waals surface area contributed by atoms with Crippen LogP contribution in [0.3, 0.4) is 0 Å². The number of nitrogens with one attached hydrogen (secondary N) is 1. The van der Waals surface area contributed by atoms with Gasteiger partial charge in [0.1, 0.15) is 18.5 Å². The van der Waals surface area contributed by atoms with Gasteiger partial charge in [0.2, 0.25) is 0 Å². The van der Waals surface area contributed by atoms with Crippen LogP contribution in [-0.4, -0.2) is 32.4 Å². The highest BCUT2D eigenvalue weighted by atomic mass is 79.9. The zero-order valence-electron chi connectivity index (χ0n) is 9.01. The standard InChI is InChI=1S/C11H12Br3NO2/c12-7-3-9(13)11(10(14)4-7)17-6-8-5-15-1-2-16-8/h3-4,8,15H,1-2,5-6H2. The Morgan fingerprint density at radius 2 is 2.00 bits per heavy atom. The molecule has 17 heavy (non-hydrogen) atoms. The van der Waals surface area contributed by atoms with Crippen molar-refractivity contribution < 1.29 is 9.47 Å². The molecule has 3 nitrogen and oxygen atoms in total. The van der Waals surface area contributed by atoms with Gasteiger partial charge in [-0.3, -0.25) is 0 Å². The smallest absolute Gasteiger partial charge is 0.147 e. The lowest BCUT2D eigenvalue weighted by atomic mass is 10.3. The molecule has 1 N–H and O–H groups in total. The molecule has 1 aromatic carbocycles. The lowest BCUT2D eigenvalue weighted by Gasteiger charge is -2.24. The summed E-state index contributed by atoms with van der Waals surface area (Å²) in [5.74, 6) is 0.808. The summed E-state index contributed by atoms with van der Waals surface area (Å²) >= 11 is 10.4.